The molecule has 3 rings (SSSR count). The molecule has 2 saturated heterocycles. The van der Waals surface area contributed by atoms with E-state index in [-0.39, 0.29) is 53.4 Å². The first-order valence-electron chi connectivity index (χ1n) is 22.1. The summed E-state index contributed by atoms with van der Waals surface area (Å²) < 4.78 is 0. The van der Waals surface area contributed by atoms with Gasteiger partial charge >= 0.3 is 0 Å². The fourth-order valence-electron chi connectivity index (χ4n) is 9.90. The molecule has 0 aromatic rings. The Labute approximate surface area is 314 Å². The topological polar surface area (TPSA) is 77.9 Å². The van der Waals surface area contributed by atoms with Gasteiger partial charge in [0.15, 0.2) is 0 Å². The number of aliphatic hydroxyl groups excluding tert-OH is 1. The average molecular weight is 713 g/mol. The van der Waals surface area contributed by atoms with Gasteiger partial charge in [-0.3, -0.25) is 19.3 Å². The van der Waals surface area contributed by atoms with Crippen molar-refractivity contribution in [3.05, 3.63) is 11.6 Å². The Morgan fingerprint density at radius 1 is 0.725 bits per heavy atom. The molecular formula is C45H80N2O4. The van der Waals surface area contributed by atoms with Crippen molar-refractivity contribution >= 4 is 17.7 Å². The number of hydrogen-bond donors (Lipinski definition) is 1. The molecule has 3 aliphatic rings. The van der Waals surface area contributed by atoms with E-state index < -0.39 is 6.23 Å². The number of imide groups is 1. The van der Waals surface area contributed by atoms with Crippen LogP contribution in [0.2, 0.25) is 0 Å². The van der Waals surface area contributed by atoms with E-state index >= 15 is 0 Å². The second kappa shape index (κ2) is 22.5. The van der Waals surface area contributed by atoms with Gasteiger partial charge in [0.05, 0.1) is 11.8 Å². The number of allylic oxidation sites excluding steroid dienone is 1. The lowest BCUT2D eigenvalue weighted by atomic mass is 9.71. The van der Waals surface area contributed by atoms with Crippen LogP contribution in [-0.2, 0) is 14.4 Å². The number of nitrogens with zero attached hydrogens (tertiary/aromatic N) is 2. The molecule has 2 aliphatic heterocycles. The van der Waals surface area contributed by atoms with E-state index in [0.29, 0.717) is 13.0 Å². The Balaban J connectivity index is 1.48. The summed E-state index contributed by atoms with van der Waals surface area (Å²) in [5.41, 5.74) is 0.619. The van der Waals surface area contributed by atoms with Crippen LogP contribution in [0.15, 0.2) is 11.6 Å². The molecule has 51 heavy (non-hydrogen) atoms. The van der Waals surface area contributed by atoms with E-state index in [1.165, 1.54) is 101 Å². The fraction of sp³-hybridized carbons (Fsp3) is 0.889. The second-order valence-corrected chi connectivity index (χ2v) is 17.3. The van der Waals surface area contributed by atoms with Crippen LogP contribution in [0.1, 0.15) is 203 Å². The molecule has 3 amide bonds. The second-order valence-electron chi connectivity index (χ2n) is 17.3. The van der Waals surface area contributed by atoms with Crippen LogP contribution in [0, 0.1) is 35.5 Å². The van der Waals surface area contributed by atoms with E-state index in [1.807, 2.05) is 11.8 Å². The molecule has 1 aliphatic carbocycles. The van der Waals surface area contributed by atoms with Gasteiger partial charge in [-0.1, -0.05) is 169 Å². The molecule has 0 aromatic heterocycles. The normalized spacial score (nSPS) is 25.1. The lowest BCUT2D eigenvalue weighted by molar-refractivity contribution is -0.147. The number of rotatable bonds is 27. The van der Waals surface area contributed by atoms with Crippen LogP contribution < -0.4 is 0 Å². The predicted molar refractivity (Wildman–Crippen MR) is 212 cm³/mol. The maximum Gasteiger partial charge on any atom is 0.233 e. The maximum atomic E-state index is 14.1. The fourth-order valence-corrected chi connectivity index (χ4v) is 9.90. The van der Waals surface area contributed by atoms with Crippen LogP contribution in [0.5, 0.6) is 0 Å². The first-order chi connectivity index (χ1) is 24.6. The van der Waals surface area contributed by atoms with Crippen LogP contribution in [0.25, 0.3) is 0 Å². The molecule has 2 fully saturated rings. The zero-order valence-electron chi connectivity index (χ0n) is 34.4. The zero-order valence-corrected chi connectivity index (χ0v) is 34.4. The summed E-state index contributed by atoms with van der Waals surface area (Å²) in [5, 5.41) is 11.9. The van der Waals surface area contributed by atoms with Gasteiger partial charge in [-0.05, 0) is 56.8 Å². The number of hydrogen-bond acceptors (Lipinski definition) is 4. The standard InChI is InChI=1S/C45H80N2O4/c1-8-12-14-16-19-22-26-30-46-40(48)33-38(42(46)49)37-31-36(7)41-39(32-37)43(50)47(44(41)51)45(10-3,11-4)29-25-21-18-17-20-24-28-35(6)34(5)27-23-15-13-9-2/h31,34-35,37-39,41,43,50H,8-30,32-33H2,1-7H3. The molecule has 0 bridgehead atoms. The predicted octanol–water partition coefficient (Wildman–Crippen LogP) is 11.4. The SMILES string of the molecule is CCCCCCCCCN1C(=O)CC(C2C=C(C)C3C(=O)N(C(CC)(CC)CCCCCCCCC(C)C(C)CCCCCC)C(O)C3C2)C1=O. The molecule has 2 heterocycles. The summed E-state index contributed by atoms with van der Waals surface area (Å²) >= 11 is 0. The third-order valence-electron chi connectivity index (χ3n) is 13.7. The molecule has 6 nitrogen and oxygen atoms in total. The number of likely N-dealkylation sites (tertiary alicyclic amines) is 2. The molecule has 6 heteroatoms. The molecule has 0 spiro atoms. The average Bonchev–Trinajstić information content (AvgIpc) is 3.55. The Bertz CT molecular complexity index is 1080. The van der Waals surface area contributed by atoms with E-state index in [9.17, 15) is 19.5 Å². The van der Waals surface area contributed by atoms with Gasteiger partial charge in [-0.2, -0.15) is 0 Å². The van der Waals surface area contributed by atoms with Gasteiger partial charge in [0.25, 0.3) is 0 Å². The van der Waals surface area contributed by atoms with Crippen LogP contribution >= 0.6 is 0 Å². The minimum absolute atomic E-state index is 0.0486. The maximum absolute atomic E-state index is 14.1. The van der Waals surface area contributed by atoms with Crippen LogP contribution in [0.4, 0.5) is 0 Å². The van der Waals surface area contributed by atoms with Crippen LogP contribution in [0.3, 0.4) is 0 Å². The van der Waals surface area contributed by atoms with Crippen molar-refractivity contribution < 1.29 is 19.5 Å². The van der Waals surface area contributed by atoms with E-state index in [2.05, 4.69) is 47.6 Å². The van der Waals surface area contributed by atoms with Gasteiger partial charge in [0, 0.05) is 24.4 Å². The molecule has 0 saturated carbocycles. The van der Waals surface area contributed by atoms with Crippen LogP contribution in [-0.4, -0.2) is 50.9 Å². The number of amides is 3. The molecule has 7 unspecified atom stereocenters. The highest BCUT2D eigenvalue weighted by molar-refractivity contribution is 6.03. The lowest BCUT2D eigenvalue weighted by Crippen LogP contribution is -2.53. The Morgan fingerprint density at radius 2 is 1.24 bits per heavy atom. The number of carbonyl (C=O) groups is 3. The first-order valence-corrected chi connectivity index (χ1v) is 22.1. The highest BCUT2D eigenvalue weighted by Gasteiger charge is 2.57. The smallest absolute Gasteiger partial charge is 0.233 e. The summed E-state index contributed by atoms with van der Waals surface area (Å²) in [7, 11) is 0. The minimum Gasteiger partial charge on any atom is -0.373 e. The number of aliphatic hydroxyl groups is 1. The lowest BCUT2D eigenvalue weighted by Gasteiger charge is -2.44. The van der Waals surface area contributed by atoms with Gasteiger partial charge < -0.3 is 10.0 Å². The van der Waals surface area contributed by atoms with Gasteiger partial charge in [-0.15, -0.1) is 0 Å². The van der Waals surface area contributed by atoms with Crippen molar-refractivity contribution in [1.29, 1.82) is 0 Å². The molecule has 7 atom stereocenters. The highest BCUT2D eigenvalue weighted by Crippen LogP contribution is 2.50. The van der Waals surface area contributed by atoms with Gasteiger partial charge in [-0.25, -0.2) is 0 Å². The van der Waals surface area contributed by atoms with E-state index in [4.69, 9.17) is 0 Å². The quantitative estimate of drug-likeness (QED) is 0.0522. The molecule has 0 radical (unpaired) electrons. The first kappa shape index (κ1) is 43.7. The Kier molecular flexibility index (Phi) is 19.3. The van der Waals surface area contributed by atoms with Crippen molar-refractivity contribution in [2.45, 2.75) is 214 Å². The van der Waals surface area contributed by atoms with Crippen molar-refractivity contribution in [3.8, 4) is 0 Å². The summed E-state index contributed by atoms with van der Waals surface area (Å²) in [6.45, 7) is 16.3. The largest absolute Gasteiger partial charge is 0.373 e. The third kappa shape index (κ3) is 11.9. The Morgan fingerprint density at radius 3 is 1.80 bits per heavy atom. The van der Waals surface area contributed by atoms with Crippen molar-refractivity contribution in [2.24, 2.45) is 35.5 Å². The third-order valence-corrected chi connectivity index (χ3v) is 13.7. The van der Waals surface area contributed by atoms with E-state index in [1.54, 1.807) is 0 Å². The molecular weight excluding hydrogens is 633 g/mol. The summed E-state index contributed by atoms with van der Waals surface area (Å²) in [5.74, 6) is 0.565. The highest BCUT2D eigenvalue weighted by atomic mass is 16.3. The van der Waals surface area contributed by atoms with Gasteiger partial charge in [0.1, 0.15) is 6.23 Å². The summed E-state index contributed by atoms with van der Waals surface area (Å²) in [4.78, 5) is 44.1. The van der Waals surface area contributed by atoms with Crippen molar-refractivity contribution in [1.82, 2.24) is 9.80 Å². The molecule has 294 valence electrons. The molecule has 0 aromatic carbocycles. The van der Waals surface area contributed by atoms with Crippen molar-refractivity contribution in [2.75, 3.05) is 6.54 Å². The van der Waals surface area contributed by atoms with Crippen molar-refractivity contribution in [3.63, 3.8) is 0 Å². The monoisotopic (exact) mass is 713 g/mol. The van der Waals surface area contributed by atoms with Gasteiger partial charge in [0.2, 0.25) is 17.7 Å². The minimum atomic E-state index is -0.847. The zero-order chi connectivity index (χ0) is 37.4. The Hall–Kier alpha value is -1.69. The summed E-state index contributed by atoms with van der Waals surface area (Å²) in [6.07, 6.45) is 28.3. The number of carbonyl (C=O) groups excluding carboxylic acids is 3. The molecule has 1 N–H and O–H groups in total. The van der Waals surface area contributed by atoms with E-state index in [0.717, 1.165) is 62.4 Å². The number of unbranched alkanes of at least 4 members (excludes halogenated alkanes) is 14. The number of fused-ring (bicyclic) bond motifs is 1. The summed E-state index contributed by atoms with van der Waals surface area (Å²) in [6, 6.07) is 0.